The maximum atomic E-state index is 5.71. The highest BCUT2D eigenvalue weighted by Crippen LogP contribution is 2.29. The van der Waals surface area contributed by atoms with Crippen LogP contribution in [0.2, 0.25) is 0 Å². The topological polar surface area (TPSA) is 17.8 Å². The van der Waals surface area contributed by atoms with Crippen LogP contribution in [-0.2, 0) is 5.88 Å². The molecule has 0 saturated carbocycles. The maximum absolute atomic E-state index is 5.71. The highest BCUT2D eigenvalue weighted by atomic mass is 79.9. The summed E-state index contributed by atoms with van der Waals surface area (Å²) in [7, 11) is 0. The average molecular weight is 350 g/mol. The first kappa shape index (κ1) is 11.2. The Kier molecular flexibility index (Phi) is 3.49. The lowest BCUT2D eigenvalue weighted by Gasteiger charge is -2.07. The lowest BCUT2D eigenvalue weighted by Crippen LogP contribution is -1.92. The molecule has 0 amide bonds. The number of rotatable bonds is 2. The molecule has 2 rings (SSSR count). The van der Waals surface area contributed by atoms with Crippen molar-refractivity contribution in [3.05, 3.63) is 45.4 Å². The van der Waals surface area contributed by atoms with Crippen LogP contribution in [0, 0.1) is 0 Å². The van der Waals surface area contributed by atoms with Gasteiger partial charge in [0.1, 0.15) is 0 Å². The van der Waals surface area contributed by atoms with Gasteiger partial charge in [0.2, 0.25) is 0 Å². The molecule has 0 atom stereocenters. The Bertz CT molecular complexity index is 462. The van der Waals surface area contributed by atoms with Gasteiger partial charge >= 0.3 is 0 Å². The molecule has 0 aliphatic rings. The normalized spacial score (nSPS) is 10.6. The number of alkyl halides is 1. The quantitative estimate of drug-likeness (QED) is 0.745. The Morgan fingerprint density at radius 1 is 1.27 bits per heavy atom. The Labute approximate surface area is 110 Å². The van der Waals surface area contributed by atoms with Crippen molar-refractivity contribution in [2.45, 2.75) is 5.88 Å². The van der Waals surface area contributed by atoms with Crippen molar-refractivity contribution in [2.75, 3.05) is 0 Å². The van der Waals surface area contributed by atoms with Gasteiger partial charge in [0, 0.05) is 15.1 Å². The van der Waals surface area contributed by atoms with Crippen LogP contribution < -0.4 is 0 Å². The van der Waals surface area contributed by atoms with E-state index in [1.807, 2.05) is 29.0 Å². The van der Waals surface area contributed by atoms with E-state index in [0.717, 1.165) is 20.3 Å². The predicted molar refractivity (Wildman–Crippen MR) is 68.5 cm³/mol. The first-order valence-electron chi connectivity index (χ1n) is 4.25. The van der Waals surface area contributed by atoms with Gasteiger partial charge in [-0.3, -0.25) is 0 Å². The highest BCUT2D eigenvalue weighted by molar-refractivity contribution is 9.11. The van der Waals surface area contributed by atoms with E-state index in [1.165, 1.54) is 0 Å². The molecule has 0 aliphatic heterocycles. The monoisotopic (exact) mass is 348 g/mol. The van der Waals surface area contributed by atoms with Gasteiger partial charge in [0.15, 0.2) is 0 Å². The summed E-state index contributed by atoms with van der Waals surface area (Å²) in [6.45, 7) is 0. The number of aromatic nitrogens is 2. The van der Waals surface area contributed by atoms with Crippen molar-refractivity contribution < 1.29 is 0 Å². The fourth-order valence-corrected chi connectivity index (χ4v) is 2.84. The molecule has 2 aromatic rings. The van der Waals surface area contributed by atoms with Gasteiger partial charge in [0.05, 0.1) is 23.6 Å². The number of halogens is 3. The summed E-state index contributed by atoms with van der Waals surface area (Å²) in [5.41, 5.74) is 1.89. The summed E-state index contributed by atoms with van der Waals surface area (Å²) < 4.78 is 3.96. The van der Waals surface area contributed by atoms with Crippen molar-refractivity contribution in [1.82, 2.24) is 9.55 Å². The van der Waals surface area contributed by atoms with E-state index in [2.05, 4.69) is 36.8 Å². The molecule has 0 bridgehead atoms. The Morgan fingerprint density at radius 3 is 2.47 bits per heavy atom. The largest absolute Gasteiger partial charge is 0.304 e. The number of para-hydroxylation sites is 1. The zero-order valence-corrected chi connectivity index (χ0v) is 11.6. The molecule has 0 unspecified atom stereocenters. The molecule has 2 nitrogen and oxygen atoms in total. The first-order chi connectivity index (χ1) is 7.22. The maximum Gasteiger partial charge on any atom is 0.0996 e. The van der Waals surface area contributed by atoms with Gasteiger partial charge in [-0.05, 0) is 44.0 Å². The van der Waals surface area contributed by atoms with Crippen LogP contribution in [0.1, 0.15) is 5.69 Å². The summed E-state index contributed by atoms with van der Waals surface area (Å²) in [6.07, 6.45) is 3.67. The lowest BCUT2D eigenvalue weighted by atomic mass is 10.3. The molecule has 5 heteroatoms. The van der Waals surface area contributed by atoms with Gasteiger partial charge in [-0.1, -0.05) is 6.07 Å². The second kappa shape index (κ2) is 4.68. The van der Waals surface area contributed by atoms with Gasteiger partial charge in [0.25, 0.3) is 0 Å². The summed E-state index contributed by atoms with van der Waals surface area (Å²) in [5.74, 6) is 0.426. The Morgan fingerprint density at radius 2 is 1.93 bits per heavy atom. The van der Waals surface area contributed by atoms with Crippen LogP contribution >= 0.6 is 43.5 Å². The van der Waals surface area contributed by atoms with Crippen LogP contribution in [0.25, 0.3) is 5.69 Å². The standard InChI is InChI=1S/C10H7Br2ClN2/c11-8-2-1-3-9(12)10(8)15-5-7(4-13)14-6-15/h1-3,5-6H,4H2. The molecule has 0 radical (unpaired) electrons. The molecule has 1 aromatic carbocycles. The zero-order chi connectivity index (χ0) is 10.8. The lowest BCUT2D eigenvalue weighted by molar-refractivity contribution is 1.04. The second-order valence-electron chi connectivity index (χ2n) is 2.98. The minimum absolute atomic E-state index is 0.426. The summed E-state index contributed by atoms with van der Waals surface area (Å²) in [6, 6.07) is 5.94. The van der Waals surface area contributed by atoms with Crippen molar-refractivity contribution >= 4 is 43.5 Å². The fraction of sp³-hybridized carbons (Fsp3) is 0.100. The summed E-state index contributed by atoms with van der Waals surface area (Å²) >= 11 is 12.7. The number of nitrogens with zero attached hydrogens (tertiary/aromatic N) is 2. The minimum Gasteiger partial charge on any atom is -0.304 e. The smallest absolute Gasteiger partial charge is 0.0996 e. The molecular formula is C10H7Br2ClN2. The van der Waals surface area contributed by atoms with Crippen molar-refractivity contribution in [3.8, 4) is 5.69 Å². The SMILES string of the molecule is ClCc1cn(-c2c(Br)cccc2Br)cn1. The summed E-state index contributed by atoms with van der Waals surface area (Å²) in [5, 5.41) is 0. The Balaban J connectivity index is 2.53. The minimum atomic E-state index is 0.426. The molecule has 0 saturated heterocycles. The van der Waals surface area contributed by atoms with E-state index < -0.39 is 0 Å². The molecule has 0 N–H and O–H groups in total. The molecule has 15 heavy (non-hydrogen) atoms. The van der Waals surface area contributed by atoms with Crippen LogP contribution in [-0.4, -0.2) is 9.55 Å². The number of benzene rings is 1. The van der Waals surface area contributed by atoms with Crippen molar-refractivity contribution in [1.29, 1.82) is 0 Å². The van der Waals surface area contributed by atoms with Crippen molar-refractivity contribution in [3.63, 3.8) is 0 Å². The third-order valence-corrected chi connectivity index (χ3v) is 3.52. The molecule has 0 fully saturated rings. The third kappa shape index (κ3) is 2.27. The number of hydrogen-bond donors (Lipinski definition) is 0. The van der Waals surface area contributed by atoms with Crippen LogP contribution in [0.5, 0.6) is 0 Å². The van der Waals surface area contributed by atoms with E-state index >= 15 is 0 Å². The van der Waals surface area contributed by atoms with Gasteiger partial charge < -0.3 is 4.57 Å². The number of hydrogen-bond acceptors (Lipinski definition) is 1. The zero-order valence-electron chi connectivity index (χ0n) is 7.62. The molecule has 78 valence electrons. The number of imidazole rings is 1. The molecule has 1 aromatic heterocycles. The van der Waals surface area contributed by atoms with Crippen LogP contribution in [0.15, 0.2) is 39.7 Å². The second-order valence-corrected chi connectivity index (χ2v) is 4.95. The van der Waals surface area contributed by atoms with Gasteiger partial charge in [-0.25, -0.2) is 4.98 Å². The van der Waals surface area contributed by atoms with E-state index in [0.29, 0.717) is 5.88 Å². The molecule has 1 heterocycles. The van der Waals surface area contributed by atoms with E-state index in [1.54, 1.807) is 6.33 Å². The molecule has 0 aliphatic carbocycles. The van der Waals surface area contributed by atoms with E-state index in [-0.39, 0.29) is 0 Å². The van der Waals surface area contributed by atoms with Crippen LogP contribution in [0.4, 0.5) is 0 Å². The third-order valence-electron chi connectivity index (χ3n) is 1.97. The first-order valence-corrected chi connectivity index (χ1v) is 6.37. The van der Waals surface area contributed by atoms with Crippen LogP contribution in [0.3, 0.4) is 0 Å². The van der Waals surface area contributed by atoms with E-state index in [9.17, 15) is 0 Å². The van der Waals surface area contributed by atoms with Gasteiger partial charge in [-0.15, -0.1) is 11.6 Å². The Hall–Kier alpha value is -0.320. The molecule has 0 spiro atoms. The predicted octanol–water partition coefficient (Wildman–Crippen LogP) is 4.14. The summed E-state index contributed by atoms with van der Waals surface area (Å²) in [4.78, 5) is 4.18. The fourth-order valence-electron chi connectivity index (χ4n) is 1.29. The van der Waals surface area contributed by atoms with Crippen molar-refractivity contribution in [2.24, 2.45) is 0 Å². The highest BCUT2D eigenvalue weighted by Gasteiger charge is 2.07. The average Bonchev–Trinajstić information content (AvgIpc) is 2.66. The van der Waals surface area contributed by atoms with E-state index in [4.69, 9.17) is 11.6 Å². The molecular weight excluding hydrogens is 343 g/mol. The van der Waals surface area contributed by atoms with Gasteiger partial charge in [-0.2, -0.15) is 0 Å².